The van der Waals surface area contributed by atoms with E-state index in [1.165, 1.54) is 6.07 Å². The number of aromatic carboxylic acids is 1. The second-order valence-corrected chi connectivity index (χ2v) is 7.18. The van der Waals surface area contributed by atoms with Crippen LogP contribution in [0.4, 0.5) is 0 Å². The number of nitrogens with one attached hydrogen (secondary N) is 1. The molecule has 1 aromatic heterocycles. The maximum Gasteiger partial charge on any atom is 0.345 e. The van der Waals surface area contributed by atoms with Crippen LogP contribution in [0.15, 0.2) is 11.0 Å². The van der Waals surface area contributed by atoms with Crippen molar-refractivity contribution in [2.24, 2.45) is 0 Å². The van der Waals surface area contributed by atoms with Crippen molar-refractivity contribution < 1.29 is 27.8 Å². The molecule has 1 rings (SSSR count). The van der Waals surface area contributed by atoms with E-state index in [4.69, 9.17) is 14.6 Å². The van der Waals surface area contributed by atoms with E-state index < -0.39 is 16.0 Å². The Morgan fingerprint density at radius 2 is 2.10 bits per heavy atom. The summed E-state index contributed by atoms with van der Waals surface area (Å²) in [5.41, 5.74) is 0. The van der Waals surface area contributed by atoms with Crippen molar-refractivity contribution in [2.45, 2.75) is 18.2 Å². The zero-order chi connectivity index (χ0) is 15.9. The molecule has 2 N–H and O–H groups in total. The van der Waals surface area contributed by atoms with Crippen LogP contribution in [0.3, 0.4) is 0 Å². The number of carbonyl (C=O) groups is 1. The average molecular weight is 337 g/mol. The van der Waals surface area contributed by atoms with Crippen molar-refractivity contribution >= 4 is 27.3 Å². The highest BCUT2D eigenvalue weighted by atomic mass is 32.2. The predicted molar refractivity (Wildman–Crippen MR) is 78.5 cm³/mol. The van der Waals surface area contributed by atoms with Gasteiger partial charge in [0.25, 0.3) is 0 Å². The zero-order valence-corrected chi connectivity index (χ0v) is 13.6. The Morgan fingerprint density at radius 3 is 2.67 bits per heavy atom. The standard InChI is InChI=1S/C12H19NO6S2/c1-9-11(8-10(20-9)12(14)15)21(16,17)13-4-3-5-19-7-6-18-2/h8,13H,3-7H2,1-2H3,(H,14,15). The molecule has 0 saturated heterocycles. The third-order valence-electron chi connectivity index (χ3n) is 2.56. The second kappa shape index (κ2) is 8.44. The lowest BCUT2D eigenvalue weighted by atomic mass is 10.4. The first-order valence-corrected chi connectivity index (χ1v) is 8.58. The van der Waals surface area contributed by atoms with Gasteiger partial charge in [0.15, 0.2) is 0 Å². The van der Waals surface area contributed by atoms with Gasteiger partial charge < -0.3 is 14.6 Å². The Bertz CT molecular complexity index is 566. The fourth-order valence-electron chi connectivity index (χ4n) is 1.54. The second-order valence-electron chi connectivity index (χ2n) is 4.19. The van der Waals surface area contributed by atoms with Gasteiger partial charge in [0.2, 0.25) is 10.0 Å². The number of ether oxygens (including phenoxy) is 2. The monoisotopic (exact) mass is 337 g/mol. The third-order valence-corrected chi connectivity index (χ3v) is 5.32. The summed E-state index contributed by atoms with van der Waals surface area (Å²) in [6, 6.07) is 1.18. The van der Waals surface area contributed by atoms with Gasteiger partial charge in [-0.2, -0.15) is 0 Å². The van der Waals surface area contributed by atoms with E-state index in [-0.39, 0.29) is 16.3 Å². The molecule has 0 fully saturated rings. The molecule has 0 aromatic carbocycles. The van der Waals surface area contributed by atoms with Gasteiger partial charge in [-0.1, -0.05) is 0 Å². The molecule has 0 atom stereocenters. The summed E-state index contributed by atoms with van der Waals surface area (Å²) in [5.74, 6) is -1.13. The average Bonchev–Trinajstić information content (AvgIpc) is 2.81. The molecule has 0 bridgehead atoms. The van der Waals surface area contributed by atoms with Crippen molar-refractivity contribution in [3.63, 3.8) is 0 Å². The fourth-order valence-corrected chi connectivity index (χ4v) is 4.04. The van der Waals surface area contributed by atoms with Gasteiger partial charge in [-0.3, -0.25) is 0 Å². The maximum atomic E-state index is 12.1. The summed E-state index contributed by atoms with van der Waals surface area (Å²) in [6.45, 7) is 3.20. The topological polar surface area (TPSA) is 102 Å². The van der Waals surface area contributed by atoms with Gasteiger partial charge in [0, 0.05) is 25.1 Å². The molecule has 0 aliphatic carbocycles. The molecule has 7 nitrogen and oxygen atoms in total. The van der Waals surface area contributed by atoms with Gasteiger partial charge in [-0.05, 0) is 19.4 Å². The van der Waals surface area contributed by atoms with E-state index >= 15 is 0 Å². The predicted octanol–water partition coefficient (Wildman–Crippen LogP) is 1.09. The molecule has 0 radical (unpaired) electrons. The molecule has 1 heterocycles. The number of hydrogen-bond donors (Lipinski definition) is 2. The normalized spacial score (nSPS) is 11.7. The minimum absolute atomic E-state index is 0.00998. The summed E-state index contributed by atoms with van der Waals surface area (Å²) in [5, 5.41) is 8.87. The first kappa shape index (κ1) is 18.1. The number of hydrogen-bond acceptors (Lipinski definition) is 6. The number of rotatable bonds is 10. The SMILES string of the molecule is COCCOCCCNS(=O)(=O)c1cc(C(=O)O)sc1C. The maximum absolute atomic E-state index is 12.1. The zero-order valence-electron chi connectivity index (χ0n) is 11.9. The van der Waals surface area contributed by atoms with E-state index in [2.05, 4.69) is 4.72 Å². The van der Waals surface area contributed by atoms with Crippen molar-refractivity contribution in [3.8, 4) is 0 Å². The molecule has 0 aliphatic rings. The van der Waals surface area contributed by atoms with E-state index in [0.717, 1.165) is 11.3 Å². The fraction of sp³-hybridized carbons (Fsp3) is 0.583. The van der Waals surface area contributed by atoms with Gasteiger partial charge in [0.1, 0.15) is 4.88 Å². The van der Waals surface area contributed by atoms with Crippen molar-refractivity contribution in [1.29, 1.82) is 0 Å². The molecular formula is C12H19NO6S2. The van der Waals surface area contributed by atoms with E-state index in [1.54, 1.807) is 14.0 Å². The van der Waals surface area contributed by atoms with Crippen LogP contribution in [-0.4, -0.2) is 53.0 Å². The van der Waals surface area contributed by atoms with Crippen LogP contribution in [0.25, 0.3) is 0 Å². The van der Waals surface area contributed by atoms with Crippen LogP contribution in [0.1, 0.15) is 21.0 Å². The highest BCUT2D eigenvalue weighted by Gasteiger charge is 2.21. The van der Waals surface area contributed by atoms with Crippen molar-refractivity contribution in [3.05, 3.63) is 15.8 Å². The molecule has 1 aromatic rings. The van der Waals surface area contributed by atoms with E-state index in [0.29, 0.717) is 31.1 Å². The van der Waals surface area contributed by atoms with Crippen LogP contribution < -0.4 is 4.72 Å². The molecule has 120 valence electrons. The lowest BCUT2D eigenvalue weighted by molar-refractivity contribution is 0.0699. The van der Waals surface area contributed by atoms with E-state index in [9.17, 15) is 13.2 Å². The molecule has 0 unspecified atom stereocenters. The number of aryl methyl sites for hydroxylation is 1. The van der Waals surface area contributed by atoms with Crippen LogP contribution >= 0.6 is 11.3 Å². The summed E-state index contributed by atoms with van der Waals surface area (Å²) >= 11 is 0.945. The summed E-state index contributed by atoms with van der Waals surface area (Å²) in [6.07, 6.45) is 0.526. The Labute approximate surface area is 127 Å². The number of carboxylic acid groups (broad SMARTS) is 1. The Hall–Kier alpha value is -1.00. The molecule has 0 aliphatic heterocycles. The number of sulfonamides is 1. The molecule has 0 saturated carbocycles. The number of thiophene rings is 1. The number of methoxy groups -OCH3 is 1. The molecule has 0 amide bonds. The molecule has 0 spiro atoms. The lowest BCUT2D eigenvalue weighted by Gasteiger charge is -2.06. The quantitative estimate of drug-likeness (QED) is 0.620. The van der Waals surface area contributed by atoms with Crippen molar-refractivity contribution in [2.75, 3.05) is 33.5 Å². The molecule has 9 heteroatoms. The summed E-state index contributed by atoms with van der Waals surface area (Å²) in [7, 11) is -2.11. The lowest BCUT2D eigenvalue weighted by Crippen LogP contribution is -2.25. The van der Waals surface area contributed by atoms with Crippen LogP contribution in [0, 0.1) is 6.92 Å². The Balaban J connectivity index is 2.48. The smallest absolute Gasteiger partial charge is 0.345 e. The molecule has 21 heavy (non-hydrogen) atoms. The summed E-state index contributed by atoms with van der Waals surface area (Å²) in [4.78, 5) is 11.3. The van der Waals surface area contributed by atoms with Crippen molar-refractivity contribution in [1.82, 2.24) is 4.72 Å². The highest BCUT2D eigenvalue weighted by Crippen LogP contribution is 2.25. The first-order chi connectivity index (χ1) is 9.88. The van der Waals surface area contributed by atoms with Crippen LogP contribution in [0.2, 0.25) is 0 Å². The van der Waals surface area contributed by atoms with Gasteiger partial charge >= 0.3 is 5.97 Å². The highest BCUT2D eigenvalue weighted by molar-refractivity contribution is 7.89. The van der Waals surface area contributed by atoms with Gasteiger partial charge in [0.05, 0.1) is 18.1 Å². The Morgan fingerprint density at radius 1 is 1.38 bits per heavy atom. The van der Waals surface area contributed by atoms with E-state index in [1.807, 2.05) is 0 Å². The minimum atomic E-state index is -3.68. The summed E-state index contributed by atoms with van der Waals surface area (Å²) < 4.78 is 36.6. The van der Waals surface area contributed by atoms with Crippen LogP contribution in [-0.2, 0) is 19.5 Å². The largest absolute Gasteiger partial charge is 0.477 e. The van der Waals surface area contributed by atoms with Gasteiger partial charge in [-0.15, -0.1) is 11.3 Å². The van der Waals surface area contributed by atoms with Crippen LogP contribution in [0.5, 0.6) is 0 Å². The minimum Gasteiger partial charge on any atom is -0.477 e. The molecular weight excluding hydrogens is 318 g/mol. The first-order valence-electron chi connectivity index (χ1n) is 6.28. The third kappa shape index (κ3) is 5.71. The number of carboxylic acids is 1. The van der Waals surface area contributed by atoms with Gasteiger partial charge in [-0.25, -0.2) is 17.9 Å². The Kier molecular flexibility index (Phi) is 7.26.